The summed E-state index contributed by atoms with van der Waals surface area (Å²) in [6.07, 6.45) is 5.68. The fraction of sp³-hybridized carbons (Fsp3) is 0.0769. The molecule has 26 heavy (non-hydrogen) atoms. The first-order valence-electron chi connectivity index (χ1n) is 8.04. The highest BCUT2D eigenvalue weighted by atomic mass is 14.1. The van der Waals surface area contributed by atoms with Crippen LogP contribution in [-0.4, -0.2) is 0 Å². The molecule has 0 saturated heterocycles. The van der Waals surface area contributed by atoms with Crippen LogP contribution in [0, 0.1) is 0 Å². The van der Waals surface area contributed by atoms with Gasteiger partial charge in [0.25, 0.3) is 0 Å². The minimum atomic E-state index is 0. The maximum Gasteiger partial charge on any atom is -0.00992 e. The van der Waals surface area contributed by atoms with E-state index in [0.29, 0.717) is 0 Å². The zero-order chi connectivity index (χ0) is 16.8. The van der Waals surface area contributed by atoms with Gasteiger partial charge in [-0.05, 0) is 33.4 Å². The molecule has 3 rings (SSSR count). The van der Waals surface area contributed by atoms with E-state index < -0.39 is 0 Å². The molecule has 0 saturated carbocycles. The number of hydrogen-bond acceptors (Lipinski definition) is 0. The van der Waals surface area contributed by atoms with E-state index in [2.05, 4.69) is 86.0 Å². The first kappa shape index (κ1) is 20.9. The summed E-state index contributed by atoms with van der Waals surface area (Å²) in [6, 6.07) is 27.4. The minimum absolute atomic E-state index is 0. The second kappa shape index (κ2) is 10.0. The molecule has 0 aliphatic heterocycles. The van der Waals surface area contributed by atoms with Crippen LogP contribution in [0.3, 0.4) is 0 Å². The molecule has 0 spiro atoms. The Labute approximate surface area is 158 Å². The Hall–Kier alpha value is -3.12. The van der Waals surface area contributed by atoms with Gasteiger partial charge in [-0.25, -0.2) is 0 Å². The fourth-order valence-corrected chi connectivity index (χ4v) is 2.95. The molecule has 3 aromatic carbocycles. The number of benzene rings is 3. The standard InChI is InChI=1S/C24H20.2CH4/c1-3-12-19(4-2)21-15-8-10-17-23(21)24-18-11-9-16-22(24)20-13-6-5-7-14-20;;/h3-18H,1-2H2;2*1H4/b19-12+;;. The van der Waals surface area contributed by atoms with Crippen LogP contribution in [0.2, 0.25) is 0 Å². The lowest BCUT2D eigenvalue weighted by atomic mass is 9.89. The molecule has 0 heteroatoms. The molecule has 0 nitrogen and oxygen atoms in total. The predicted molar refractivity (Wildman–Crippen MR) is 119 cm³/mol. The van der Waals surface area contributed by atoms with E-state index in [0.717, 1.165) is 11.1 Å². The Balaban J connectivity index is 0.00000169. The summed E-state index contributed by atoms with van der Waals surface area (Å²) in [7, 11) is 0. The molecule has 0 bridgehead atoms. The van der Waals surface area contributed by atoms with Gasteiger partial charge in [-0.3, -0.25) is 0 Å². The SMILES string of the molecule is C.C.C=C/C=C(\C=C)c1ccccc1-c1ccccc1-c1ccccc1. The predicted octanol–water partition coefficient (Wildman–Crippen LogP) is 8.05. The quantitative estimate of drug-likeness (QED) is 0.412. The van der Waals surface area contributed by atoms with Crippen molar-refractivity contribution in [3.63, 3.8) is 0 Å². The summed E-state index contributed by atoms with van der Waals surface area (Å²) in [5, 5.41) is 0. The third kappa shape index (κ3) is 4.29. The van der Waals surface area contributed by atoms with Crippen molar-refractivity contribution in [3.8, 4) is 22.3 Å². The zero-order valence-corrected chi connectivity index (χ0v) is 13.7. The number of hydrogen-bond donors (Lipinski definition) is 0. The molecule has 0 amide bonds. The van der Waals surface area contributed by atoms with Crippen molar-refractivity contribution in [3.05, 3.63) is 116 Å². The van der Waals surface area contributed by atoms with Gasteiger partial charge in [0.1, 0.15) is 0 Å². The second-order valence-electron chi connectivity index (χ2n) is 5.52. The summed E-state index contributed by atoms with van der Waals surface area (Å²) in [5.74, 6) is 0. The summed E-state index contributed by atoms with van der Waals surface area (Å²) >= 11 is 0. The van der Waals surface area contributed by atoms with Gasteiger partial charge in [-0.1, -0.05) is 125 Å². The maximum absolute atomic E-state index is 3.96. The van der Waals surface area contributed by atoms with Gasteiger partial charge in [-0.15, -0.1) is 0 Å². The Kier molecular flexibility index (Phi) is 8.05. The van der Waals surface area contributed by atoms with E-state index >= 15 is 0 Å². The Morgan fingerprint density at radius 1 is 0.615 bits per heavy atom. The molecular formula is C26H28. The molecular weight excluding hydrogens is 312 g/mol. The number of allylic oxidation sites excluding steroid dienone is 4. The summed E-state index contributed by atoms with van der Waals surface area (Å²) in [4.78, 5) is 0. The van der Waals surface area contributed by atoms with Gasteiger partial charge < -0.3 is 0 Å². The third-order valence-corrected chi connectivity index (χ3v) is 4.06. The van der Waals surface area contributed by atoms with Crippen molar-refractivity contribution in [2.45, 2.75) is 14.9 Å². The van der Waals surface area contributed by atoms with Gasteiger partial charge >= 0.3 is 0 Å². The first-order valence-corrected chi connectivity index (χ1v) is 8.04. The first-order chi connectivity index (χ1) is 11.8. The molecule has 0 atom stereocenters. The molecule has 0 radical (unpaired) electrons. The second-order valence-corrected chi connectivity index (χ2v) is 5.52. The average molecular weight is 341 g/mol. The van der Waals surface area contributed by atoms with Crippen molar-refractivity contribution in [1.82, 2.24) is 0 Å². The Bertz CT molecular complexity index is 883. The number of rotatable bonds is 5. The van der Waals surface area contributed by atoms with Crippen LogP contribution < -0.4 is 0 Å². The summed E-state index contributed by atoms with van der Waals surface area (Å²) in [5.41, 5.74) is 7.10. The van der Waals surface area contributed by atoms with Crippen LogP contribution >= 0.6 is 0 Å². The molecule has 0 unspecified atom stereocenters. The van der Waals surface area contributed by atoms with Crippen molar-refractivity contribution in [1.29, 1.82) is 0 Å². The van der Waals surface area contributed by atoms with Gasteiger partial charge in [0.2, 0.25) is 0 Å². The summed E-state index contributed by atoms with van der Waals surface area (Å²) < 4.78 is 0. The van der Waals surface area contributed by atoms with E-state index in [4.69, 9.17) is 0 Å². The van der Waals surface area contributed by atoms with Crippen LogP contribution in [0.15, 0.2) is 110 Å². The van der Waals surface area contributed by atoms with Gasteiger partial charge in [0.15, 0.2) is 0 Å². The van der Waals surface area contributed by atoms with E-state index in [9.17, 15) is 0 Å². The molecule has 3 aromatic rings. The normalized spacial score (nSPS) is 10.2. The smallest absolute Gasteiger partial charge is 0.00992 e. The molecule has 132 valence electrons. The van der Waals surface area contributed by atoms with Crippen LogP contribution in [-0.2, 0) is 0 Å². The van der Waals surface area contributed by atoms with E-state index in [1.807, 2.05) is 18.2 Å². The van der Waals surface area contributed by atoms with Crippen molar-refractivity contribution >= 4 is 5.57 Å². The van der Waals surface area contributed by atoms with Gasteiger partial charge in [0, 0.05) is 0 Å². The minimum Gasteiger partial charge on any atom is -0.0990 e. The molecule has 0 aromatic heterocycles. The topological polar surface area (TPSA) is 0 Å². The fourth-order valence-electron chi connectivity index (χ4n) is 2.95. The van der Waals surface area contributed by atoms with Crippen LogP contribution in [0.1, 0.15) is 20.4 Å². The van der Waals surface area contributed by atoms with E-state index in [1.165, 1.54) is 22.3 Å². The Morgan fingerprint density at radius 2 is 1.15 bits per heavy atom. The highest BCUT2D eigenvalue weighted by Crippen LogP contribution is 2.36. The maximum atomic E-state index is 3.96. The van der Waals surface area contributed by atoms with E-state index in [1.54, 1.807) is 6.08 Å². The lowest BCUT2D eigenvalue weighted by Gasteiger charge is -2.15. The van der Waals surface area contributed by atoms with Gasteiger partial charge in [0.05, 0.1) is 0 Å². The van der Waals surface area contributed by atoms with Crippen molar-refractivity contribution < 1.29 is 0 Å². The lowest BCUT2D eigenvalue weighted by Crippen LogP contribution is -1.90. The molecule has 0 N–H and O–H groups in total. The highest BCUT2D eigenvalue weighted by Gasteiger charge is 2.11. The molecule has 0 aliphatic rings. The van der Waals surface area contributed by atoms with Crippen LogP contribution in [0.5, 0.6) is 0 Å². The monoisotopic (exact) mass is 340 g/mol. The van der Waals surface area contributed by atoms with Crippen molar-refractivity contribution in [2.75, 3.05) is 0 Å². The van der Waals surface area contributed by atoms with Crippen molar-refractivity contribution in [2.24, 2.45) is 0 Å². The van der Waals surface area contributed by atoms with E-state index in [-0.39, 0.29) is 14.9 Å². The molecule has 0 fully saturated rings. The Morgan fingerprint density at radius 3 is 1.77 bits per heavy atom. The molecule has 0 aliphatic carbocycles. The highest BCUT2D eigenvalue weighted by molar-refractivity contribution is 5.91. The van der Waals surface area contributed by atoms with Crippen LogP contribution in [0.25, 0.3) is 27.8 Å². The zero-order valence-electron chi connectivity index (χ0n) is 13.7. The van der Waals surface area contributed by atoms with Crippen LogP contribution in [0.4, 0.5) is 0 Å². The third-order valence-electron chi connectivity index (χ3n) is 4.06. The summed E-state index contributed by atoms with van der Waals surface area (Å²) in [6.45, 7) is 7.77. The largest absolute Gasteiger partial charge is 0.0990 e. The lowest BCUT2D eigenvalue weighted by molar-refractivity contribution is 1.55. The molecule has 0 heterocycles. The average Bonchev–Trinajstić information content (AvgIpc) is 2.67. The van der Waals surface area contributed by atoms with Gasteiger partial charge in [-0.2, -0.15) is 0 Å².